The second kappa shape index (κ2) is 11.4. The van der Waals surface area contributed by atoms with Gasteiger partial charge in [0.2, 0.25) is 0 Å². The number of nitrogens with zero attached hydrogens (tertiary/aromatic N) is 1. The predicted octanol–water partition coefficient (Wildman–Crippen LogP) is 4.60. The molecule has 246 valence electrons. The highest BCUT2D eigenvalue weighted by molar-refractivity contribution is 6.05. The molecule has 0 unspecified atom stereocenters. The third kappa shape index (κ3) is 5.08. The minimum absolute atomic E-state index is 0.0195. The first-order chi connectivity index (χ1) is 20.5. The van der Waals surface area contributed by atoms with Crippen LogP contribution in [-0.2, 0) is 33.3 Å². The Balaban J connectivity index is 1.58. The highest BCUT2D eigenvalue weighted by Gasteiger charge is 2.78. The molecule has 1 heterocycles. The Labute approximate surface area is 261 Å². The number of ketones is 1. The molecule has 2 bridgehead atoms. The Bertz CT molecular complexity index is 1210. The van der Waals surface area contributed by atoms with Gasteiger partial charge in [0.15, 0.2) is 5.78 Å². The van der Waals surface area contributed by atoms with E-state index >= 15 is 0 Å². The number of ether oxygens (including phenoxy) is 4. The molecule has 1 saturated heterocycles. The van der Waals surface area contributed by atoms with Crippen molar-refractivity contribution in [1.82, 2.24) is 4.90 Å². The van der Waals surface area contributed by atoms with Crippen LogP contribution in [0.2, 0.25) is 0 Å². The number of aliphatic hydroxyl groups is 1. The van der Waals surface area contributed by atoms with Gasteiger partial charge in [-0.25, -0.2) is 9.59 Å². The molecule has 4 aliphatic carbocycles. The van der Waals surface area contributed by atoms with Crippen LogP contribution >= 0.6 is 0 Å². The summed E-state index contributed by atoms with van der Waals surface area (Å²) >= 11 is 0. The molecule has 44 heavy (non-hydrogen) atoms. The molecule has 0 aromatic rings. The average Bonchev–Trinajstić information content (AvgIpc) is 3.06. The molecule has 1 spiro atoms. The smallest absolute Gasteiger partial charge is 0.411 e. The minimum atomic E-state index is -1.40. The van der Waals surface area contributed by atoms with E-state index in [0.29, 0.717) is 31.4 Å². The average molecular weight is 618 g/mol. The van der Waals surface area contributed by atoms with Crippen LogP contribution in [0.5, 0.6) is 0 Å². The second-order valence-corrected chi connectivity index (χ2v) is 15.6. The van der Waals surface area contributed by atoms with Gasteiger partial charge in [-0.05, 0) is 82.6 Å². The third-order valence-electron chi connectivity index (χ3n) is 11.5. The van der Waals surface area contributed by atoms with Gasteiger partial charge in [0.25, 0.3) is 0 Å². The number of aliphatic hydroxyl groups excluding tert-OH is 1. The number of rotatable bonds is 5. The van der Waals surface area contributed by atoms with E-state index in [-0.39, 0.29) is 30.1 Å². The zero-order chi connectivity index (χ0) is 32.4. The first-order valence-electron chi connectivity index (χ1n) is 16.3. The third-order valence-corrected chi connectivity index (χ3v) is 11.5. The number of carbonyl (C=O) groups excluding carboxylic acids is 4. The molecular weight excluding hydrogens is 566 g/mol. The minimum Gasteiger partial charge on any atom is -0.465 e. The van der Waals surface area contributed by atoms with E-state index in [4.69, 9.17) is 18.9 Å². The summed E-state index contributed by atoms with van der Waals surface area (Å²) in [5.41, 5.74) is -2.71. The highest BCUT2D eigenvalue weighted by Crippen LogP contribution is 2.72. The lowest BCUT2D eigenvalue weighted by atomic mass is 9.39. The van der Waals surface area contributed by atoms with Crippen LogP contribution in [0, 0.1) is 34.0 Å². The first kappa shape index (κ1) is 32.9. The van der Waals surface area contributed by atoms with Crippen LogP contribution in [0.25, 0.3) is 0 Å². The highest BCUT2D eigenvalue weighted by atomic mass is 16.6. The van der Waals surface area contributed by atoms with Crippen LogP contribution in [0.4, 0.5) is 4.79 Å². The summed E-state index contributed by atoms with van der Waals surface area (Å²) in [5.74, 6) is -2.55. The molecule has 1 amide bonds. The standard InChI is InChI=1S/C34H51NO9/c1-19-21-16-23(37)26-33(18-42-20(2)36)14-11-13-32(6,7)24(33)17-25(41-8)34(26,27(19)38)28(21)43-29(39)22-12-9-10-15-35(22)30(40)44-31(3,4)5/h21-26,28,37H,1,9-18H2,2-8H3/t21-,22-,23-,24+,25+,26-,28+,33-,34+/m0/s1. The summed E-state index contributed by atoms with van der Waals surface area (Å²) in [5, 5.41) is 12.0. The molecule has 10 nitrogen and oxygen atoms in total. The van der Waals surface area contributed by atoms with Crippen LogP contribution < -0.4 is 0 Å². The van der Waals surface area contributed by atoms with Crippen molar-refractivity contribution < 1.29 is 43.2 Å². The van der Waals surface area contributed by atoms with Crippen LogP contribution in [0.15, 0.2) is 12.2 Å². The van der Waals surface area contributed by atoms with E-state index < -0.39 is 70.7 Å². The molecule has 4 saturated carbocycles. The molecule has 0 aromatic heterocycles. The maximum Gasteiger partial charge on any atom is 0.411 e. The van der Waals surface area contributed by atoms with Gasteiger partial charge in [-0.3, -0.25) is 14.5 Å². The monoisotopic (exact) mass is 617 g/mol. The first-order valence-corrected chi connectivity index (χ1v) is 16.3. The van der Waals surface area contributed by atoms with Crippen molar-refractivity contribution in [1.29, 1.82) is 0 Å². The van der Waals surface area contributed by atoms with Crippen molar-refractivity contribution in [3.8, 4) is 0 Å². The van der Waals surface area contributed by atoms with Crippen molar-refractivity contribution in [2.75, 3.05) is 20.3 Å². The van der Waals surface area contributed by atoms with Crippen molar-refractivity contribution in [3.05, 3.63) is 12.2 Å². The van der Waals surface area contributed by atoms with E-state index in [2.05, 4.69) is 20.4 Å². The quantitative estimate of drug-likeness (QED) is 0.267. The van der Waals surface area contributed by atoms with Gasteiger partial charge in [0.05, 0.1) is 18.8 Å². The van der Waals surface area contributed by atoms with Gasteiger partial charge < -0.3 is 24.1 Å². The molecule has 0 aromatic carbocycles. The second-order valence-electron chi connectivity index (χ2n) is 15.6. The summed E-state index contributed by atoms with van der Waals surface area (Å²) in [6.45, 7) is 15.7. The topological polar surface area (TPSA) is 129 Å². The van der Waals surface area contributed by atoms with E-state index in [0.717, 1.165) is 25.7 Å². The number of likely N-dealkylation sites (tertiary alicyclic amines) is 1. The van der Waals surface area contributed by atoms with Gasteiger partial charge in [0.1, 0.15) is 23.2 Å². The van der Waals surface area contributed by atoms with E-state index in [1.165, 1.54) is 11.8 Å². The summed E-state index contributed by atoms with van der Waals surface area (Å²) in [6, 6.07) is -0.857. The number of Topliss-reactive ketones (excluding diaryl/α,β-unsaturated/α-hetero) is 1. The molecule has 5 aliphatic rings. The Morgan fingerprint density at radius 1 is 1.09 bits per heavy atom. The Kier molecular flexibility index (Phi) is 8.53. The molecule has 1 aliphatic heterocycles. The number of hydrogen-bond acceptors (Lipinski definition) is 9. The van der Waals surface area contributed by atoms with Gasteiger partial charge in [-0.1, -0.05) is 26.8 Å². The lowest BCUT2D eigenvalue weighted by Crippen LogP contribution is -2.72. The fraction of sp³-hybridized carbons (Fsp3) is 0.824. The van der Waals surface area contributed by atoms with Gasteiger partial charge in [0, 0.05) is 37.8 Å². The lowest BCUT2D eigenvalue weighted by Gasteiger charge is -2.67. The van der Waals surface area contributed by atoms with Crippen LogP contribution in [0.3, 0.4) is 0 Å². The number of amides is 1. The molecule has 9 atom stereocenters. The molecule has 0 radical (unpaired) electrons. The Hall–Kier alpha value is -2.46. The number of carbonyl (C=O) groups is 4. The van der Waals surface area contributed by atoms with E-state index in [1.807, 2.05) is 0 Å². The van der Waals surface area contributed by atoms with Gasteiger partial charge >= 0.3 is 18.0 Å². The Morgan fingerprint density at radius 2 is 1.80 bits per heavy atom. The van der Waals surface area contributed by atoms with Crippen LogP contribution in [-0.4, -0.2) is 84.0 Å². The normalized spacial score (nSPS) is 39.6. The largest absolute Gasteiger partial charge is 0.465 e. The maximum absolute atomic E-state index is 14.6. The lowest BCUT2D eigenvalue weighted by molar-refractivity contribution is -0.272. The fourth-order valence-electron chi connectivity index (χ4n) is 10.0. The number of fused-ring (bicyclic) bond motifs is 3. The zero-order valence-electron chi connectivity index (χ0n) is 27.5. The molecule has 5 rings (SSSR count). The van der Waals surface area contributed by atoms with E-state index in [1.54, 1.807) is 27.9 Å². The summed E-state index contributed by atoms with van der Waals surface area (Å²) in [6.07, 6.45) is 1.96. The number of methoxy groups -OCH3 is 1. The maximum atomic E-state index is 14.6. The summed E-state index contributed by atoms with van der Waals surface area (Å²) in [7, 11) is 1.57. The number of esters is 2. The number of piperidine rings is 1. The SMILES string of the molecule is C=C1C(=O)[C@]23[C@H](OC(=O)[C@@H]4CCCCN4C(=O)OC(C)(C)C)[C@H]1C[C@H](O)[C@H]2[C@]1(COC(C)=O)CCCC(C)(C)[C@H]1C[C@H]3OC. The summed E-state index contributed by atoms with van der Waals surface area (Å²) < 4.78 is 24.0. The molecule has 1 N–H and O–H groups in total. The molecule has 10 heteroatoms. The molecule has 5 fully saturated rings. The van der Waals surface area contributed by atoms with Crippen molar-refractivity contribution >= 4 is 23.8 Å². The summed E-state index contributed by atoms with van der Waals surface area (Å²) in [4.78, 5) is 55.5. The van der Waals surface area contributed by atoms with Crippen molar-refractivity contribution in [2.24, 2.45) is 34.0 Å². The van der Waals surface area contributed by atoms with E-state index in [9.17, 15) is 24.3 Å². The number of hydrogen-bond donors (Lipinski definition) is 1. The predicted molar refractivity (Wildman–Crippen MR) is 160 cm³/mol. The van der Waals surface area contributed by atoms with Crippen molar-refractivity contribution in [2.45, 2.75) is 123 Å². The van der Waals surface area contributed by atoms with Crippen LogP contribution in [0.1, 0.15) is 92.9 Å². The molecular formula is C34H51NO9. The fourth-order valence-corrected chi connectivity index (χ4v) is 10.0. The Morgan fingerprint density at radius 3 is 2.43 bits per heavy atom. The van der Waals surface area contributed by atoms with Gasteiger partial charge in [-0.2, -0.15) is 0 Å². The van der Waals surface area contributed by atoms with Gasteiger partial charge in [-0.15, -0.1) is 0 Å². The van der Waals surface area contributed by atoms with Crippen molar-refractivity contribution in [3.63, 3.8) is 0 Å². The zero-order valence-corrected chi connectivity index (χ0v) is 27.5.